The largest absolute Gasteiger partial charge is 0.338 e. The molecular formula is C21H20FN3O. The van der Waals surface area contributed by atoms with E-state index in [1.54, 1.807) is 32.2 Å². The van der Waals surface area contributed by atoms with Crippen molar-refractivity contribution >= 4 is 16.9 Å². The maximum Gasteiger partial charge on any atom is 0.253 e. The van der Waals surface area contributed by atoms with Crippen LogP contribution < -0.4 is 0 Å². The number of nitrogens with zero attached hydrogens (tertiary/aromatic N) is 3. The Morgan fingerprint density at radius 3 is 2.73 bits per heavy atom. The van der Waals surface area contributed by atoms with Gasteiger partial charge in [-0.15, -0.1) is 0 Å². The molecule has 0 saturated carbocycles. The summed E-state index contributed by atoms with van der Waals surface area (Å²) in [4.78, 5) is 23.6. The molecule has 1 atom stereocenters. The molecule has 1 unspecified atom stereocenters. The second kappa shape index (κ2) is 6.48. The Kier molecular flexibility index (Phi) is 4.15. The molecule has 3 heterocycles. The third-order valence-corrected chi connectivity index (χ3v) is 5.06. The van der Waals surface area contributed by atoms with Gasteiger partial charge in [0.2, 0.25) is 0 Å². The molecule has 1 aliphatic heterocycles. The second-order valence-corrected chi connectivity index (χ2v) is 6.95. The van der Waals surface area contributed by atoms with Crippen LogP contribution in [-0.2, 0) is 0 Å². The van der Waals surface area contributed by atoms with E-state index < -0.39 is 0 Å². The van der Waals surface area contributed by atoms with Crippen LogP contribution in [0.25, 0.3) is 11.0 Å². The minimum atomic E-state index is -0.242. The van der Waals surface area contributed by atoms with E-state index in [0.29, 0.717) is 29.8 Å². The van der Waals surface area contributed by atoms with Gasteiger partial charge in [-0.05, 0) is 67.8 Å². The quantitative estimate of drug-likeness (QED) is 0.702. The molecule has 26 heavy (non-hydrogen) atoms. The highest BCUT2D eigenvalue weighted by Crippen LogP contribution is 2.28. The van der Waals surface area contributed by atoms with Gasteiger partial charge in [-0.2, -0.15) is 0 Å². The Morgan fingerprint density at radius 1 is 1.19 bits per heavy atom. The predicted octanol–water partition coefficient (Wildman–Crippen LogP) is 4.02. The van der Waals surface area contributed by atoms with Crippen molar-refractivity contribution < 1.29 is 9.18 Å². The number of rotatable bonds is 2. The van der Waals surface area contributed by atoms with Crippen molar-refractivity contribution in [1.82, 2.24) is 14.9 Å². The first-order valence-corrected chi connectivity index (χ1v) is 8.80. The zero-order valence-corrected chi connectivity index (χ0v) is 14.9. The summed E-state index contributed by atoms with van der Waals surface area (Å²) in [6, 6.07) is 11.2. The highest BCUT2D eigenvalue weighted by atomic mass is 19.1. The Balaban J connectivity index is 1.55. The van der Waals surface area contributed by atoms with Crippen molar-refractivity contribution in [3.05, 3.63) is 70.8 Å². The minimum absolute atomic E-state index is 0.0439. The number of benzene rings is 1. The number of aromatic nitrogens is 2. The lowest BCUT2D eigenvalue weighted by Gasteiger charge is -2.17. The van der Waals surface area contributed by atoms with Crippen molar-refractivity contribution in [3.8, 4) is 0 Å². The summed E-state index contributed by atoms with van der Waals surface area (Å²) in [5.41, 5.74) is 3.27. The molecule has 1 amide bonds. The molecule has 1 aromatic carbocycles. The molecule has 1 fully saturated rings. The van der Waals surface area contributed by atoms with E-state index in [0.717, 1.165) is 23.1 Å². The van der Waals surface area contributed by atoms with Crippen LogP contribution in [0.3, 0.4) is 0 Å². The molecule has 1 aliphatic rings. The standard InChI is InChI=1S/C21H20FN3O/c1-13-10-17(11-14(2)19(13)22)21(26)25-9-7-16(12-25)18-6-5-15-4-3-8-23-20(15)24-18/h3-6,8,10-11,16H,7,9,12H2,1-2H3. The number of carbonyl (C=O) groups excluding carboxylic acids is 1. The van der Waals surface area contributed by atoms with E-state index in [1.165, 1.54) is 0 Å². The maximum absolute atomic E-state index is 13.8. The summed E-state index contributed by atoms with van der Waals surface area (Å²) in [7, 11) is 0. The SMILES string of the molecule is Cc1cc(C(=O)N2CCC(c3ccc4cccnc4n3)C2)cc(C)c1F. The van der Waals surface area contributed by atoms with Gasteiger partial charge in [0, 0.05) is 41.8 Å². The fourth-order valence-electron chi connectivity index (χ4n) is 3.63. The van der Waals surface area contributed by atoms with Gasteiger partial charge < -0.3 is 4.90 Å². The summed E-state index contributed by atoms with van der Waals surface area (Å²) in [5, 5.41) is 1.01. The van der Waals surface area contributed by atoms with E-state index in [4.69, 9.17) is 0 Å². The summed E-state index contributed by atoms with van der Waals surface area (Å²) in [6.45, 7) is 4.69. The van der Waals surface area contributed by atoms with E-state index in [1.807, 2.05) is 29.2 Å². The van der Waals surface area contributed by atoms with Gasteiger partial charge in [-0.3, -0.25) is 4.79 Å². The molecule has 0 bridgehead atoms. The zero-order valence-electron chi connectivity index (χ0n) is 14.9. The lowest BCUT2D eigenvalue weighted by atomic mass is 10.0. The molecule has 0 N–H and O–H groups in total. The third-order valence-electron chi connectivity index (χ3n) is 5.06. The van der Waals surface area contributed by atoms with Crippen LogP contribution in [0.1, 0.15) is 39.5 Å². The Labute approximate surface area is 151 Å². The Hall–Kier alpha value is -2.82. The van der Waals surface area contributed by atoms with Gasteiger partial charge >= 0.3 is 0 Å². The molecule has 1 saturated heterocycles. The number of aryl methyl sites for hydroxylation is 2. The summed E-state index contributed by atoms with van der Waals surface area (Å²) in [5.74, 6) is -0.0840. The van der Waals surface area contributed by atoms with Crippen molar-refractivity contribution in [2.24, 2.45) is 0 Å². The highest BCUT2D eigenvalue weighted by Gasteiger charge is 2.29. The molecule has 0 spiro atoms. The monoisotopic (exact) mass is 349 g/mol. The maximum atomic E-state index is 13.8. The van der Waals surface area contributed by atoms with Crippen LogP contribution in [0.2, 0.25) is 0 Å². The summed E-state index contributed by atoms with van der Waals surface area (Å²) >= 11 is 0. The highest BCUT2D eigenvalue weighted by molar-refractivity contribution is 5.95. The van der Waals surface area contributed by atoms with Crippen LogP contribution in [-0.4, -0.2) is 33.9 Å². The molecule has 0 aliphatic carbocycles. The minimum Gasteiger partial charge on any atom is -0.338 e. The van der Waals surface area contributed by atoms with Crippen LogP contribution in [0.5, 0.6) is 0 Å². The molecule has 3 aromatic rings. The Morgan fingerprint density at radius 2 is 1.96 bits per heavy atom. The normalized spacial score (nSPS) is 17.0. The second-order valence-electron chi connectivity index (χ2n) is 6.95. The number of carbonyl (C=O) groups is 1. The van der Waals surface area contributed by atoms with Gasteiger partial charge in [0.1, 0.15) is 5.82 Å². The summed E-state index contributed by atoms with van der Waals surface area (Å²) in [6.07, 6.45) is 2.61. The first-order chi connectivity index (χ1) is 12.5. The van der Waals surface area contributed by atoms with Crippen molar-refractivity contribution in [1.29, 1.82) is 0 Å². The fraction of sp³-hybridized carbons (Fsp3) is 0.286. The van der Waals surface area contributed by atoms with Crippen LogP contribution >= 0.6 is 0 Å². The lowest BCUT2D eigenvalue weighted by Crippen LogP contribution is -2.28. The van der Waals surface area contributed by atoms with Crippen LogP contribution in [0.4, 0.5) is 4.39 Å². The topological polar surface area (TPSA) is 46.1 Å². The molecule has 5 heteroatoms. The first-order valence-electron chi connectivity index (χ1n) is 8.80. The molecule has 4 rings (SSSR count). The van der Waals surface area contributed by atoms with Gasteiger partial charge in [-0.25, -0.2) is 14.4 Å². The van der Waals surface area contributed by atoms with Crippen LogP contribution in [0.15, 0.2) is 42.6 Å². The average Bonchev–Trinajstić information content (AvgIpc) is 3.15. The lowest BCUT2D eigenvalue weighted by molar-refractivity contribution is 0.0790. The van der Waals surface area contributed by atoms with Crippen molar-refractivity contribution in [3.63, 3.8) is 0 Å². The van der Waals surface area contributed by atoms with Gasteiger partial charge in [0.05, 0.1) is 0 Å². The van der Waals surface area contributed by atoms with Gasteiger partial charge in [0.25, 0.3) is 5.91 Å². The molecule has 4 nitrogen and oxygen atoms in total. The number of amides is 1. The summed E-state index contributed by atoms with van der Waals surface area (Å²) < 4.78 is 13.8. The number of likely N-dealkylation sites (tertiary alicyclic amines) is 1. The Bertz CT molecular complexity index is 978. The van der Waals surface area contributed by atoms with E-state index in [2.05, 4.69) is 9.97 Å². The zero-order chi connectivity index (χ0) is 18.3. The molecule has 2 aromatic heterocycles. The molecule has 0 radical (unpaired) electrons. The number of pyridine rings is 2. The third kappa shape index (κ3) is 2.94. The number of fused-ring (bicyclic) bond motifs is 1. The van der Waals surface area contributed by atoms with Gasteiger partial charge in [0.15, 0.2) is 5.65 Å². The molecule has 132 valence electrons. The number of halogens is 1. The van der Waals surface area contributed by atoms with E-state index in [-0.39, 0.29) is 17.6 Å². The van der Waals surface area contributed by atoms with Gasteiger partial charge in [-0.1, -0.05) is 0 Å². The smallest absolute Gasteiger partial charge is 0.253 e. The van der Waals surface area contributed by atoms with Crippen molar-refractivity contribution in [2.75, 3.05) is 13.1 Å². The van der Waals surface area contributed by atoms with E-state index >= 15 is 0 Å². The van der Waals surface area contributed by atoms with Crippen LogP contribution in [0, 0.1) is 19.7 Å². The first kappa shape index (κ1) is 16.6. The molecular weight excluding hydrogens is 329 g/mol. The van der Waals surface area contributed by atoms with Crippen molar-refractivity contribution in [2.45, 2.75) is 26.2 Å². The van der Waals surface area contributed by atoms with E-state index in [9.17, 15) is 9.18 Å². The number of hydrogen-bond acceptors (Lipinski definition) is 3. The number of hydrogen-bond donors (Lipinski definition) is 0. The fourth-order valence-corrected chi connectivity index (χ4v) is 3.63. The average molecular weight is 349 g/mol. The predicted molar refractivity (Wildman–Crippen MR) is 98.7 cm³/mol.